The molecule has 21 heavy (non-hydrogen) atoms. The van der Waals surface area contributed by atoms with Gasteiger partial charge in [-0.3, -0.25) is 4.79 Å². The molecule has 0 saturated heterocycles. The number of carbonyl (C=O) groups excluding carboxylic acids is 1. The van der Waals surface area contributed by atoms with Crippen LogP contribution in [-0.4, -0.2) is 17.4 Å². The van der Waals surface area contributed by atoms with Crippen LogP contribution in [0.5, 0.6) is 0 Å². The second kappa shape index (κ2) is 5.72. The number of aromatic amines is 1. The van der Waals surface area contributed by atoms with Gasteiger partial charge < -0.3 is 10.3 Å². The minimum absolute atomic E-state index is 0.0167. The van der Waals surface area contributed by atoms with Gasteiger partial charge in [-0.15, -0.1) is 0 Å². The fraction of sp³-hybridized carbons (Fsp3) is 0.167. The number of rotatable bonds is 2. The standard InChI is InChI=1S/C18H16N2O/c1-13(21)19-11-5-4-6-14-9-10-18-16(12-14)15-7-2-3-8-17(15)20-18/h2-3,7-10,12,20H,5,11H2,1H3,(H,19,21). The summed E-state index contributed by atoms with van der Waals surface area (Å²) < 4.78 is 0. The Balaban J connectivity index is 1.85. The van der Waals surface area contributed by atoms with E-state index in [0.717, 1.165) is 16.6 Å². The van der Waals surface area contributed by atoms with Crippen molar-refractivity contribution >= 4 is 27.7 Å². The predicted octanol–water partition coefficient (Wildman–Crippen LogP) is 3.20. The fourth-order valence-corrected chi connectivity index (χ4v) is 2.39. The van der Waals surface area contributed by atoms with Gasteiger partial charge in [0.05, 0.1) is 0 Å². The van der Waals surface area contributed by atoms with Crippen molar-refractivity contribution in [3.63, 3.8) is 0 Å². The average molecular weight is 276 g/mol. The number of aromatic nitrogens is 1. The molecule has 0 aliphatic rings. The molecule has 3 nitrogen and oxygen atoms in total. The largest absolute Gasteiger partial charge is 0.355 e. The highest BCUT2D eigenvalue weighted by molar-refractivity contribution is 6.07. The molecule has 1 aromatic heterocycles. The molecule has 0 saturated carbocycles. The lowest BCUT2D eigenvalue weighted by Crippen LogP contribution is -2.20. The van der Waals surface area contributed by atoms with Gasteiger partial charge in [0.25, 0.3) is 0 Å². The summed E-state index contributed by atoms with van der Waals surface area (Å²) in [7, 11) is 0. The molecule has 0 aliphatic heterocycles. The van der Waals surface area contributed by atoms with Crippen LogP contribution in [0.15, 0.2) is 42.5 Å². The van der Waals surface area contributed by atoms with Crippen LogP contribution < -0.4 is 5.32 Å². The Morgan fingerprint density at radius 1 is 1.14 bits per heavy atom. The van der Waals surface area contributed by atoms with Gasteiger partial charge in [-0.25, -0.2) is 0 Å². The maximum absolute atomic E-state index is 10.8. The Hall–Kier alpha value is -2.73. The number of H-pyrrole nitrogens is 1. The number of para-hydroxylation sites is 1. The predicted molar refractivity (Wildman–Crippen MR) is 86.0 cm³/mol. The molecule has 0 spiro atoms. The number of amides is 1. The number of benzene rings is 2. The van der Waals surface area contributed by atoms with Crippen molar-refractivity contribution < 1.29 is 4.79 Å². The van der Waals surface area contributed by atoms with E-state index in [1.165, 1.54) is 17.7 Å². The van der Waals surface area contributed by atoms with Gasteiger partial charge in [-0.1, -0.05) is 30.0 Å². The van der Waals surface area contributed by atoms with Crippen LogP contribution in [-0.2, 0) is 4.79 Å². The van der Waals surface area contributed by atoms with Crippen LogP contribution in [0.3, 0.4) is 0 Å². The molecule has 3 aromatic rings. The number of carbonyl (C=O) groups is 1. The second-order valence-electron chi connectivity index (χ2n) is 4.97. The zero-order chi connectivity index (χ0) is 14.7. The van der Waals surface area contributed by atoms with E-state index in [1.54, 1.807) is 0 Å². The van der Waals surface area contributed by atoms with Gasteiger partial charge in [-0.05, 0) is 24.3 Å². The van der Waals surface area contributed by atoms with Crippen molar-refractivity contribution in [1.29, 1.82) is 0 Å². The Morgan fingerprint density at radius 3 is 2.81 bits per heavy atom. The van der Waals surface area contributed by atoms with Crippen LogP contribution in [0.2, 0.25) is 0 Å². The van der Waals surface area contributed by atoms with Crippen molar-refractivity contribution in [2.24, 2.45) is 0 Å². The van der Waals surface area contributed by atoms with Crippen LogP contribution in [0.4, 0.5) is 0 Å². The zero-order valence-electron chi connectivity index (χ0n) is 11.9. The normalized spacial score (nSPS) is 10.3. The lowest BCUT2D eigenvalue weighted by molar-refractivity contribution is -0.118. The average Bonchev–Trinajstić information content (AvgIpc) is 2.84. The molecule has 0 atom stereocenters. The number of nitrogens with one attached hydrogen (secondary N) is 2. The van der Waals surface area contributed by atoms with Gasteiger partial charge in [0.15, 0.2) is 0 Å². The molecule has 2 aromatic carbocycles. The lowest BCUT2D eigenvalue weighted by Gasteiger charge is -1.95. The number of fused-ring (bicyclic) bond motifs is 3. The summed E-state index contributed by atoms with van der Waals surface area (Å²) in [5.74, 6) is 6.22. The molecule has 0 fully saturated rings. The first-order valence-corrected chi connectivity index (χ1v) is 6.98. The Kier molecular flexibility index (Phi) is 3.61. The maximum atomic E-state index is 10.8. The van der Waals surface area contributed by atoms with Crippen LogP contribution in [0, 0.1) is 11.8 Å². The summed E-state index contributed by atoms with van der Waals surface area (Å²) in [4.78, 5) is 14.2. The molecule has 1 heterocycles. The highest BCUT2D eigenvalue weighted by Gasteiger charge is 2.03. The van der Waals surface area contributed by atoms with E-state index in [4.69, 9.17) is 0 Å². The third kappa shape index (κ3) is 2.90. The molecular formula is C18H16N2O. The fourth-order valence-electron chi connectivity index (χ4n) is 2.39. The Bertz CT molecular complexity index is 865. The monoisotopic (exact) mass is 276 g/mol. The Morgan fingerprint density at radius 2 is 1.95 bits per heavy atom. The second-order valence-corrected chi connectivity index (χ2v) is 4.97. The minimum atomic E-state index is -0.0167. The summed E-state index contributed by atoms with van der Waals surface area (Å²) >= 11 is 0. The minimum Gasteiger partial charge on any atom is -0.355 e. The highest BCUT2D eigenvalue weighted by Crippen LogP contribution is 2.25. The first-order chi connectivity index (χ1) is 10.2. The highest BCUT2D eigenvalue weighted by atomic mass is 16.1. The molecule has 0 bridgehead atoms. The van der Waals surface area contributed by atoms with Crippen molar-refractivity contribution in [2.45, 2.75) is 13.3 Å². The molecule has 104 valence electrons. The van der Waals surface area contributed by atoms with Crippen molar-refractivity contribution in [3.8, 4) is 11.8 Å². The van der Waals surface area contributed by atoms with Crippen LogP contribution in [0.1, 0.15) is 18.9 Å². The van der Waals surface area contributed by atoms with Gasteiger partial charge in [0.2, 0.25) is 5.91 Å². The van der Waals surface area contributed by atoms with Gasteiger partial charge >= 0.3 is 0 Å². The first kappa shape index (κ1) is 13.3. The van der Waals surface area contributed by atoms with Gasteiger partial charge in [-0.2, -0.15) is 0 Å². The number of hydrogen-bond acceptors (Lipinski definition) is 1. The number of hydrogen-bond donors (Lipinski definition) is 2. The topological polar surface area (TPSA) is 44.9 Å². The quantitative estimate of drug-likeness (QED) is 0.548. The van der Waals surface area contributed by atoms with E-state index in [-0.39, 0.29) is 5.91 Å². The molecule has 3 heteroatoms. The van der Waals surface area contributed by atoms with E-state index >= 15 is 0 Å². The Labute approximate surface area is 123 Å². The van der Waals surface area contributed by atoms with E-state index < -0.39 is 0 Å². The molecule has 0 aliphatic carbocycles. The van der Waals surface area contributed by atoms with E-state index in [1.807, 2.05) is 18.2 Å². The van der Waals surface area contributed by atoms with Crippen molar-refractivity contribution in [2.75, 3.05) is 6.54 Å². The molecular weight excluding hydrogens is 260 g/mol. The summed E-state index contributed by atoms with van der Waals surface area (Å²) in [5.41, 5.74) is 3.26. The first-order valence-electron chi connectivity index (χ1n) is 6.98. The third-order valence-corrected chi connectivity index (χ3v) is 3.36. The third-order valence-electron chi connectivity index (χ3n) is 3.36. The summed E-state index contributed by atoms with van der Waals surface area (Å²) in [6, 6.07) is 14.5. The van der Waals surface area contributed by atoms with Crippen molar-refractivity contribution in [1.82, 2.24) is 10.3 Å². The van der Waals surface area contributed by atoms with Crippen LogP contribution in [0.25, 0.3) is 21.8 Å². The van der Waals surface area contributed by atoms with Crippen LogP contribution >= 0.6 is 0 Å². The molecule has 0 unspecified atom stereocenters. The van der Waals surface area contributed by atoms with Gasteiger partial charge in [0, 0.05) is 47.3 Å². The molecule has 2 N–H and O–H groups in total. The van der Waals surface area contributed by atoms with Crippen molar-refractivity contribution in [3.05, 3.63) is 48.0 Å². The smallest absolute Gasteiger partial charge is 0.216 e. The van der Waals surface area contributed by atoms with E-state index in [0.29, 0.717) is 13.0 Å². The van der Waals surface area contributed by atoms with E-state index in [2.05, 4.69) is 46.4 Å². The molecule has 3 rings (SSSR count). The summed E-state index contributed by atoms with van der Waals surface area (Å²) in [6.45, 7) is 2.11. The van der Waals surface area contributed by atoms with E-state index in [9.17, 15) is 4.79 Å². The molecule has 1 amide bonds. The summed E-state index contributed by atoms with van der Waals surface area (Å²) in [6.07, 6.45) is 0.658. The SMILES string of the molecule is CC(=O)NCCC#Cc1ccc2[nH]c3ccccc3c2c1. The maximum Gasteiger partial charge on any atom is 0.216 e. The molecule has 0 radical (unpaired) electrons. The zero-order valence-corrected chi connectivity index (χ0v) is 11.9. The lowest BCUT2D eigenvalue weighted by atomic mass is 10.1. The van der Waals surface area contributed by atoms with Gasteiger partial charge in [0.1, 0.15) is 0 Å². The summed E-state index contributed by atoms with van der Waals surface area (Å²) in [5, 5.41) is 5.15.